The zero-order chi connectivity index (χ0) is 19.5. The molecule has 0 radical (unpaired) electrons. The van der Waals surface area contributed by atoms with Crippen molar-refractivity contribution in [1.82, 2.24) is 9.88 Å². The molecule has 3 aromatic rings. The van der Waals surface area contributed by atoms with Crippen molar-refractivity contribution in [1.29, 1.82) is 0 Å². The number of rotatable bonds is 4. The number of hydrogen-bond donors (Lipinski definition) is 1. The van der Waals surface area contributed by atoms with E-state index in [1.54, 1.807) is 5.38 Å². The van der Waals surface area contributed by atoms with E-state index in [9.17, 15) is 13.6 Å². The number of ether oxygens (including phenoxy) is 1. The molecule has 2 heterocycles. The summed E-state index contributed by atoms with van der Waals surface area (Å²) in [5, 5.41) is 4.87. The molecule has 28 heavy (non-hydrogen) atoms. The maximum atomic E-state index is 13.4. The minimum Gasteiger partial charge on any atom is -0.492 e. The van der Waals surface area contributed by atoms with Gasteiger partial charge in [-0.3, -0.25) is 9.69 Å². The number of carbonyl (C=O) groups excluding carboxylic acids is 1. The van der Waals surface area contributed by atoms with Crippen LogP contribution in [0.2, 0.25) is 0 Å². The first-order chi connectivity index (χ1) is 13.6. The van der Waals surface area contributed by atoms with Crippen LogP contribution in [0.1, 0.15) is 5.56 Å². The summed E-state index contributed by atoms with van der Waals surface area (Å²) in [5.41, 5.74) is 1.98. The van der Waals surface area contributed by atoms with Crippen LogP contribution < -0.4 is 10.1 Å². The zero-order valence-electron chi connectivity index (χ0n) is 14.8. The van der Waals surface area contributed by atoms with E-state index in [4.69, 9.17) is 4.74 Å². The van der Waals surface area contributed by atoms with Crippen molar-refractivity contribution in [2.75, 3.05) is 25.0 Å². The number of nitrogens with one attached hydrogen (secondary N) is 1. The Morgan fingerprint density at radius 1 is 1.21 bits per heavy atom. The predicted octanol–water partition coefficient (Wildman–Crippen LogP) is 3.92. The van der Waals surface area contributed by atoms with Crippen molar-refractivity contribution in [2.24, 2.45) is 0 Å². The van der Waals surface area contributed by atoms with Crippen LogP contribution >= 0.6 is 11.3 Å². The number of fused-ring (bicyclic) bond motifs is 1. The SMILES string of the molecule is O=C(CN1CCOc2ccccc2C1)Nc1nc(-c2ccc(F)c(F)c2)cs1. The summed E-state index contributed by atoms with van der Waals surface area (Å²) >= 11 is 1.24. The first kappa shape index (κ1) is 18.5. The van der Waals surface area contributed by atoms with E-state index in [1.807, 2.05) is 29.2 Å². The van der Waals surface area contributed by atoms with Gasteiger partial charge in [0.15, 0.2) is 16.8 Å². The average Bonchev–Trinajstić information content (AvgIpc) is 3.03. The molecule has 0 fully saturated rings. The number of halogens is 2. The van der Waals surface area contributed by atoms with E-state index in [0.29, 0.717) is 36.1 Å². The number of benzene rings is 2. The van der Waals surface area contributed by atoms with Gasteiger partial charge < -0.3 is 10.1 Å². The van der Waals surface area contributed by atoms with E-state index in [1.165, 1.54) is 17.4 Å². The molecule has 0 saturated carbocycles. The molecule has 0 unspecified atom stereocenters. The molecular formula is C20H17F2N3O2S. The number of para-hydroxylation sites is 1. The fraction of sp³-hybridized carbons (Fsp3) is 0.200. The molecule has 0 saturated heterocycles. The minimum absolute atomic E-state index is 0.189. The van der Waals surface area contributed by atoms with Crippen LogP contribution in [0, 0.1) is 11.6 Å². The lowest BCUT2D eigenvalue weighted by atomic mass is 10.2. The molecule has 2 aromatic carbocycles. The van der Waals surface area contributed by atoms with Crippen LogP contribution in [0.4, 0.5) is 13.9 Å². The smallest absolute Gasteiger partial charge is 0.240 e. The summed E-state index contributed by atoms with van der Waals surface area (Å²) in [6.45, 7) is 1.99. The number of amides is 1. The Kier molecular flexibility index (Phi) is 5.31. The quantitative estimate of drug-likeness (QED) is 0.720. The summed E-state index contributed by atoms with van der Waals surface area (Å²) in [4.78, 5) is 18.7. The normalized spacial score (nSPS) is 14.1. The second-order valence-electron chi connectivity index (χ2n) is 6.38. The highest BCUT2D eigenvalue weighted by atomic mass is 32.1. The predicted molar refractivity (Wildman–Crippen MR) is 103 cm³/mol. The minimum atomic E-state index is -0.931. The highest BCUT2D eigenvalue weighted by Gasteiger charge is 2.18. The van der Waals surface area contributed by atoms with Gasteiger partial charge in [0.1, 0.15) is 12.4 Å². The van der Waals surface area contributed by atoms with Gasteiger partial charge in [0.2, 0.25) is 5.91 Å². The number of aromatic nitrogens is 1. The molecule has 0 aliphatic carbocycles. The Labute approximate surface area is 164 Å². The summed E-state index contributed by atoms with van der Waals surface area (Å²) in [7, 11) is 0. The number of nitrogens with zero attached hydrogens (tertiary/aromatic N) is 2. The lowest BCUT2D eigenvalue weighted by Crippen LogP contribution is -2.34. The highest BCUT2D eigenvalue weighted by Crippen LogP contribution is 2.26. The molecule has 0 bridgehead atoms. The molecule has 8 heteroatoms. The van der Waals surface area contributed by atoms with Crippen LogP contribution in [0.3, 0.4) is 0 Å². The van der Waals surface area contributed by atoms with Gasteiger partial charge in [0.05, 0.1) is 12.2 Å². The Balaban J connectivity index is 1.39. The maximum absolute atomic E-state index is 13.4. The fourth-order valence-corrected chi connectivity index (χ4v) is 3.73. The number of hydrogen-bond acceptors (Lipinski definition) is 5. The second kappa shape index (κ2) is 8.04. The lowest BCUT2D eigenvalue weighted by molar-refractivity contribution is -0.117. The Bertz CT molecular complexity index is 1010. The van der Waals surface area contributed by atoms with Gasteiger partial charge in [-0.1, -0.05) is 18.2 Å². The van der Waals surface area contributed by atoms with Crippen molar-refractivity contribution in [3.63, 3.8) is 0 Å². The van der Waals surface area contributed by atoms with E-state index in [2.05, 4.69) is 10.3 Å². The molecular weight excluding hydrogens is 384 g/mol. The largest absolute Gasteiger partial charge is 0.492 e. The summed E-state index contributed by atoms with van der Waals surface area (Å²) in [6, 6.07) is 11.4. The van der Waals surface area contributed by atoms with E-state index >= 15 is 0 Å². The van der Waals surface area contributed by atoms with Gasteiger partial charge in [-0.15, -0.1) is 11.3 Å². The Hall–Kier alpha value is -2.84. The molecule has 4 rings (SSSR count). The van der Waals surface area contributed by atoms with Crippen LogP contribution in [-0.2, 0) is 11.3 Å². The molecule has 1 amide bonds. The van der Waals surface area contributed by atoms with Crippen LogP contribution in [0.5, 0.6) is 5.75 Å². The Morgan fingerprint density at radius 3 is 2.93 bits per heavy atom. The third-order valence-electron chi connectivity index (χ3n) is 4.36. The third-order valence-corrected chi connectivity index (χ3v) is 5.12. The lowest BCUT2D eigenvalue weighted by Gasteiger charge is -2.18. The highest BCUT2D eigenvalue weighted by molar-refractivity contribution is 7.14. The number of thiazole rings is 1. The van der Waals surface area contributed by atoms with Crippen molar-refractivity contribution in [3.8, 4) is 17.0 Å². The van der Waals surface area contributed by atoms with Gasteiger partial charge in [-0.05, 0) is 24.3 Å². The van der Waals surface area contributed by atoms with Gasteiger partial charge >= 0.3 is 0 Å². The van der Waals surface area contributed by atoms with Gasteiger partial charge in [-0.25, -0.2) is 13.8 Å². The summed E-state index contributed by atoms with van der Waals surface area (Å²) in [5.74, 6) is -1.18. The molecule has 1 aliphatic heterocycles. The molecule has 1 aliphatic rings. The second-order valence-corrected chi connectivity index (χ2v) is 7.24. The van der Waals surface area contributed by atoms with Gasteiger partial charge in [0, 0.05) is 29.6 Å². The fourth-order valence-electron chi connectivity index (χ4n) is 3.00. The average molecular weight is 401 g/mol. The third kappa shape index (κ3) is 4.18. The maximum Gasteiger partial charge on any atom is 0.240 e. The van der Waals surface area contributed by atoms with Gasteiger partial charge in [-0.2, -0.15) is 0 Å². The zero-order valence-corrected chi connectivity index (χ0v) is 15.6. The van der Waals surface area contributed by atoms with Crippen molar-refractivity contribution in [2.45, 2.75) is 6.54 Å². The van der Waals surface area contributed by atoms with E-state index in [0.717, 1.165) is 23.4 Å². The van der Waals surface area contributed by atoms with E-state index in [-0.39, 0.29) is 12.5 Å². The summed E-state index contributed by atoms with van der Waals surface area (Å²) in [6.07, 6.45) is 0. The van der Waals surface area contributed by atoms with Crippen molar-refractivity contribution < 1.29 is 18.3 Å². The molecule has 0 atom stereocenters. The van der Waals surface area contributed by atoms with Gasteiger partial charge in [0.25, 0.3) is 0 Å². The first-order valence-electron chi connectivity index (χ1n) is 8.72. The van der Waals surface area contributed by atoms with Crippen LogP contribution in [0.15, 0.2) is 47.8 Å². The molecule has 1 N–H and O–H groups in total. The standard InChI is InChI=1S/C20H17F2N3O2S/c21-15-6-5-13(9-16(15)22)17-12-28-20(23-17)24-19(26)11-25-7-8-27-18-4-2-1-3-14(18)10-25/h1-6,9,12H,7-8,10-11H2,(H,23,24,26). The molecule has 0 spiro atoms. The van der Waals surface area contributed by atoms with E-state index < -0.39 is 11.6 Å². The van der Waals surface area contributed by atoms with Crippen molar-refractivity contribution in [3.05, 3.63) is 65.0 Å². The van der Waals surface area contributed by atoms with Crippen molar-refractivity contribution >= 4 is 22.4 Å². The first-order valence-corrected chi connectivity index (χ1v) is 9.60. The monoisotopic (exact) mass is 401 g/mol. The molecule has 1 aromatic heterocycles. The number of anilines is 1. The topological polar surface area (TPSA) is 54.5 Å². The number of carbonyl (C=O) groups is 1. The Morgan fingerprint density at radius 2 is 2.07 bits per heavy atom. The molecule has 5 nitrogen and oxygen atoms in total. The van der Waals surface area contributed by atoms with Crippen LogP contribution in [-0.4, -0.2) is 35.5 Å². The summed E-state index contributed by atoms with van der Waals surface area (Å²) < 4.78 is 32.2. The molecule has 144 valence electrons. The van der Waals surface area contributed by atoms with Crippen LogP contribution in [0.25, 0.3) is 11.3 Å².